The molecule has 1 aromatic heterocycles. The minimum absolute atomic E-state index is 0.0723. The van der Waals surface area contributed by atoms with Crippen molar-refractivity contribution in [3.63, 3.8) is 0 Å². The van der Waals surface area contributed by atoms with Gasteiger partial charge in [-0.25, -0.2) is 9.78 Å². The molecule has 2 amide bonds. The molecule has 2 heterocycles. The minimum Gasteiger partial charge on any atom is -0.444 e. The van der Waals surface area contributed by atoms with Gasteiger partial charge in [-0.3, -0.25) is 4.79 Å². The van der Waals surface area contributed by atoms with E-state index in [1.165, 1.54) is 0 Å². The maximum absolute atomic E-state index is 12.9. The Morgan fingerprint density at radius 2 is 2.03 bits per heavy atom. The molecular weight excluding hydrogens is 406 g/mol. The summed E-state index contributed by atoms with van der Waals surface area (Å²) in [6.45, 7) is 8.99. The van der Waals surface area contributed by atoms with Gasteiger partial charge in [-0.2, -0.15) is 5.26 Å². The highest BCUT2D eigenvalue weighted by Crippen LogP contribution is 2.21. The summed E-state index contributed by atoms with van der Waals surface area (Å²) in [6.07, 6.45) is 4.62. The lowest BCUT2D eigenvalue weighted by Crippen LogP contribution is -2.47. The molecule has 2 aromatic rings. The normalized spacial score (nSPS) is 17.3. The van der Waals surface area contributed by atoms with Crippen molar-refractivity contribution in [2.24, 2.45) is 5.92 Å². The van der Waals surface area contributed by atoms with E-state index in [2.05, 4.69) is 16.4 Å². The van der Waals surface area contributed by atoms with E-state index >= 15 is 0 Å². The van der Waals surface area contributed by atoms with Gasteiger partial charge in [-0.15, -0.1) is 0 Å². The van der Waals surface area contributed by atoms with Gasteiger partial charge in [-0.1, -0.05) is 12.1 Å². The van der Waals surface area contributed by atoms with Crippen LogP contribution in [-0.2, 0) is 16.1 Å². The van der Waals surface area contributed by atoms with Crippen molar-refractivity contribution < 1.29 is 14.3 Å². The number of imidazole rings is 1. The maximum atomic E-state index is 12.9. The lowest BCUT2D eigenvalue weighted by molar-refractivity contribution is -0.127. The quantitative estimate of drug-likeness (QED) is 0.770. The lowest BCUT2D eigenvalue weighted by atomic mass is 9.97. The predicted octanol–water partition coefficient (Wildman–Crippen LogP) is 3.63. The van der Waals surface area contributed by atoms with E-state index in [0.717, 1.165) is 24.1 Å². The second-order valence-corrected chi connectivity index (χ2v) is 9.25. The molecular formula is C24H31N5O3. The molecule has 3 rings (SSSR count). The fraction of sp³-hybridized carbons (Fsp3) is 0.500. The predicted molar refractivity (Wildman–Crippen MR) is 120 cm³/mol. The molecule has 0 radical (unpaired) electrons. The van der Waals surface area contributed by atoms with E-state index in [1.807, 2.05) is 44.4 Å². The fourth-order valence-corrected chi connectivity index (χ4v) is 3.79. The number of nitrogens with one attached hydrogen (secondary N) is 1. The molecule has 1 aliphatic heterocycles. The molecule has 1 aromatic carbocycles. The Balaban J connectivity index is 1.60. The highest BCUT2D eigenvalue weighted by atomic mass is 16.6. The molecule has 8 heteroatoms. The van der Waals surface area contributed by atoms with Crippen LogP contribution in [0.15, 0.2) is 36.8 Å². The van der Waals surface area contributed by atoms with Gasteiger partial charge in [-0.05, 0) is 58.2 Å². The van der Waals surface area contributed by atoms with Gasteiger partial charge >= 0.3 is 6.09 Å². The van der Waals surface area contributed by atoms with E-state index in [1.54, 1.807) is 29.6 Å². The van der Waals surface area contributed by atoms with Crippen LogP contribution in [0.2, 0.25) is 0 Å². The topological polar surface area (TPSA) is 100 Å². The summed E-state index contributed by atoms with van der Waals surface area (Å²) in [5.74, 6) is -0.342. The SMILES string of the molecule is C[C@H](NC(=O)C1CCCN(C(=O)OC(C)(C)C)C1)c1cncn1Cc1ccc(C#N)cc1. The fourth-order valence-electron chi connectivity index (χ4n) is 3.79. The Labute approximate surface area is 189 Å². The number of carbonyl (C=O) groups is 2. The number of nitrogens with zero attached hydrogens (tertiary/aromatic N) is 4. The third kappa shape index (κ3) is 6.10. The zero-order valence-electron chi connectivity index (χ0n) is 19.2. The van der Waals surface area contributed by atoms with Crippen LogP contribution in [-0.4, -0.2) is 45.1 Å². The lowest BCUT2D eigenvalue weighted by Gasteiger charge is -2.34. The van der Waals surface area contributed by atoms with Crippen molar-refractivity contribution in [1.82, 2.24) is 19.8 Å². The maximum Gasteiger partial charge on any atom is 0.410 e. The zero-order chi connectivity index (χ0) is 23.3. The first kappa shape index (κ1) is 23.3. The summed E-state index contributed by atoms with van der Waals surface area (Å²) in [5, 5.41) is 12.0. The third-order valence-corrected chi connectivity index (χ3v) is 5.43. The van der Waals surface area contributed by atoms with Crippen LogP contribution in [0.1, 0.15) is 63.4 Å². The van der Waals surface area contributed by atoms with Crippen LogP contribution in [0.3, 0.4) is 0 Å². The van der Waals surface area contributed by atoms with Crippen molar-refractivity contribution >= 4 is 12.0 Å². The molecule has 8 nitrogen and oxygen atoms in total. The van der Waals surface area contributed by atoms with Crippen molar-refractivity contribution in [1.29, 1.82) is 5.26 Å². The Hall–Kier alpha value is -3.34. The molecule has 1 fully saturated rings. The number of nitriles is 1. The monoisotopic (exact) mass is 437 g/mol. The number of amides is 2. The minimum atomic E-state index is -0.561. The van der Waals surface area contributed by atoms with Crippen molar-refractivity contribution in [3.05, 3.63) is 53.6 Å². The van der Waals surface area contributed by atoms with Crippen LogP contribution in [0, 0.1) is 17.2 Å². The number of hydrogen-bond acceptors (Lipinski definition) is 5. The summed E-state index contributed by atoms with van der Waals surface area (Å²) in [7, 11) is 0. The zero-order valence-corrected chi connectivity index (χ0v) is 19.2. The van der Waals surface area contributed by atoms with Crippen LogP contribution < -0.4 is 5.32 Å². The Kier molecular flexibility index (Phi) is 7.18. The molecule has 0 saturated carbocycles. The van der Waals surface area contributed by atoms with Gasteiger partial charge < -0.3 is 19.5 Å². The number of aromatic nitrogens is 2. The molecule has 0 spiro atoms. The van der Waals surface area contributed by atoms with E-state index in [4.69, 9.17) is 10.00 Å². The molecule has 1 unspecified atom stereocenters. The molecule has 32 heavy (non-hydrogen) atoms. The van der Waals surface area contributed by atoms with Gasteiger partial charge in [0.05, 0.1) is 41.8 Å². The van der Waals surface area contributed by atoms with Crippen LogP contribution in [0.4, 0.5) is 4.79 Å². The summed E-state index contributed by atoms with van der Waals surface area (Å²) in [4.78, 5) is 31.2. The standard InChI is InChI=1S/C24H31N5O3/c1-17(21-13-26-16-29(21)14-19-9-7-18(12-25)8-10-19)27-22(30)20-6-5-11-28(15-20)23(31)32-24(2,3)4/h7-10,13,16-17,20H,5-6,11,14-15H2,1-4H3,(H,27,30)/t17-,20?/m0/s1. The number of rotatable bonds is 5. The highest BCUT2D eigenvalue weighted by molar-refractivity contribution is 5.80. The largest absolute Gasteiger partial charge is 0.444 e. The van der Waals surface area contributed by atoms with Crippen molar-refractivity contribution in [3.8, 4) is 6.07 Å². The first-order chi connectivity index (χ1) is 15.2. The Bertz CT molecular complexity index is 984. The summed E-state index contributed by atoms with van der Waals surface area (Å²) < 4.78 is 7.44. The Morgan fingerprint density at radius 3 is 2.69 bits per heavy atom. The van der Waals surface area contributed by atoms with Crippen molar-refractivity contribution in [2.75, 3.05) is 13.1 Å². The average Bonchev–Trinajstić information content (AvgIpc) is 3.21. The van der Waals surface area contributed by atoms with Crippen LogP contribution in [0.5, 0.6) is 0 Å². The van der Waals surface area contributed by atoms with Gasteiger partial charge in [0.2, 0.25) is 5.91 Å². The number of likely N-dealkylation sites (tertiary alicyclic amines) is 1. The number of piperidine rings is 1. The molecule has 2 atom stereocenters. The van der Waals surface area contributed by atoms with Gasteiger partial charge in [0.15, 0.2) is 0 Å². The second kappa shape index (κ2) is 9.86. The van der Waals surface area contributed by atoms with E-state index in [0.29, 0.717) is 25.2 Å². The first-order valence-corrected chi connectivity index (χ1v) is 10.9. The molecule has 1 aliphatic rings. The van der Waals surface area contributed by atoms with E-state index < -0.39 is 5.60 Å². The Morgan fingerprint density at radius 1 is 1.31 bits per heavy atom. The number of carbonyl (C=O) groups excluding carboxylic acids is 2. The third-order valence-electron chi connectivity index (χ3n) is 5.43. The number of hydrogen-bond donors (Lipinski definition) is 1. The van der Waals surface area contributed by atoms with Crippen LogP contribution in [0.25, 0.3) is 0 Å². The number of ether oxygens (including phenoxy) is 1. The van der Waals surface area contributed by atoms with Gasteiger partial charge in [0.1, 0.15) is 5.60 Å². The summed E-state index contributed by atoms with van der Waals surface area (Å²) >= 11 is 0. The smallest absolute Gasteiger partial charge is 0.410 e. The highest BCUT2D eigenvalue weighted by Gasteiger charge is 2.31. The first-order valence-electron chi connectivity index (χ1n) is 10.9. The van der Waals surface area contributed by atoms with E-state index in [9.17, 15) is 9.59 Å². The van der Waals surface area contributed by atoms with Crippen molar-refractivity contribution in [2.45, 2.75) is 58.7 Å². The molecule has 1 saturated heterocycles. The summed E-state index contributed by atoms with van der Waals surface area (Å²) in [5.41, 5.74) is 1.99. The molecule has 0 aliphatic carbocycles. The second-order valence-electron chi connectivity index (χ2n) is 9.25. The van der Waals surface area contributed by atoms with Gasteiger partial charge in [0, 0.05) is 19.6 Å². The molecule has 1 N–H and O–H groups in total. The van der Waals surface area contributed by atoms with Crippen LogP contribution >= 0.6 is 0 Å². The molecule has 170 valence electrons. The summed E-state index contributed by atoms with van der Waals surface area (Å²) in [6, 6.07) is 9.29. The van der Waals surface area contributed by atoms with E-state index in [-0.39, 0.29) is 24.0 Å². The van der Waals surface area contributed by atoms with Gasteiger partial charge in [0.25, 0.3) is 0 Å². The molecule has 0 bridgehead atoms. The number of benzene rings is 1. The average molecular weight is 438 g/mol.